The molecule has 0 saturated heterocycles. The van der Waals surface area contributed by atoms with E-state index < -0.39 is 0 Å². The van der Waals surface area contributed by atoms with Gasteiger partial charge in [-0.1, -0.05) is 44.2 Å². The summed E-state index contributed by atoms with van der Waals surface area (Å²) >= 11 is 0. The lowest BCUT2D eigenvalue weighted by Gasteiger charge is -2.21. The topological polar surface area (TPSA) is 34.0 Å². The second-order valence-electron chi connectivity index (χ2n) is 8.38. The molecule has 0 fully saturated rings. The number of nitrogens with zero attached hydrogens (tertiary/aromatic N) is 1. The summed E-state index contributed by atoms with van der Waals surface area (Å²) in [5.74, 6) is 0.728. The standard InChI is InChI=1S/C26H30N2O/c1-4-19(3)27-26(29)21-11-13-23(14-12-21)28-24-15-10-18(2)16-22(24)17-25(28)20-8-6-5-7-9-20/h5-9,11-14,17-19H,4,10,15-16H2,1-3H3,(H,27,29)/t18-,19+/m0/s1. The van der Waals surface area contributed by atoms with Crippen LogP contribution in [-0.2, 0) is 12.8 Å². The van der Waals surface area contributed by atoms with E-state index in [9.17, 15) is 4.79 Å². The summed E-state index contributed by atoms with van der Waals surface area (Å²) in [5.41, 5.74) is 7.18. The van der Waals surface area contributed by atoms with E-state index >= 15 is 0 Å². The van der Waals surface area contributed by atoms with Gasteiger partial charge in [-0.2, -0.15) is 0 Å². The van der Waals surface area contributed by atoms with Crippen LogP contribution >= 0.6 is 0 Å². The van der Waals surface area contributed by atoms with Crippen molar-refractivity contribution in [1.82, 2.24) is 9.88 Å². The Balaban J connectivity index is 1.73. The summed E-state index contributed by atoms with van der Waals surface area (Å²) in [7, 11) is 0. The van der Waals surface area contributed by atoms with Crippen LogP contribution in [0.3, 0.4) is 0 Å². The quantitative estimate of drug-likeness (QED) is 0.591. The fourth-order valence-electron chi connectivity index (χ4n) is 4.20. The average molecular weight is 387 g/mol. The zero-order valence-electron chi connectivity index (χ0n) is 17.6. The minimum Gasteiger partial charge on any atom is -0.350 e. The predicted molar refractivity (Wildman–Crippen MR) is 120 cm³/mol. The molecule has 0 spiro atoms. The van der Waals surface area contributed by atoms with Crippen LogP contribution in [-0.4, -0.2) is 16.5 Å². The van der Waals surface area contributed by atoms with E-state index in [0.29, 0.717) is 5.56 Å². The monoisotopic (exact) mass is 386 g/mol. The van der Waals surface area contributed by atoms with Crippen LogP contribution in [0.25, 0.3) is 16.9 Å². The van der Waals surface area contributed by atoms with Gasteiger partial charge in [0.1, 0.15) is 0 Å². The van der Waals surface area contributed by atoms with Gasteiger partial charge in [-0.25, -0.2) is 0 Å². The number of carbonyl (C=O) groups is 1. The van der Waals surface area contributed by atoms with Crippen molar-refractivity contribution in [2.24, 2.45) is 5.92 Å². The van der Waals surface area contributed by atoms with Crippen LogP contribution in [0.2, 0.25) is 0 Å². The summed E-state index contributed by atoms with van der Waals surface area (Å²) in [6.07, 6.45) is 4.38. The highest BCUT2D eigenvalue weighted by molar-refractivity contribution is 5.94. The van der Waals surface area contributed by atoms with Crippen LogP contribution < -0.4 is 5.32 Å². The molecule has 0 aliphatic heterocycles. The van der Waals surface area contributed by atoms with E-state index in [2.05, 4.69) is 72.3 Å². The molecule has 1 amide bonds. The molecule has 1 heterocycles. The molecule has 3 aromatic rings. The molecule has 29 heavy (non-hydrogen) atoms. The average Bonchev–Trinajstić information content (AvgIpc) is 3.12. The number of carbonyl (C=O) groups excluding carboxylic acids is 1. The number of nitrogens with one attached hydrogen (secondary N) is 1. The molecule has 2 aromatic carbocycles. The Morgan fingerprint density at radius 2 is 1.86 bits per heavy atom. The van der Waals surface area contributed by atoms with E-state index in [-0.39, 0.29) is 11.9 Å². The summed E-state index contributed by atoms with van der Waals surface area (Å²) < 4.78 is 2.40. The number of amides is 1. The maximum absolute atomic E-state index is 12.5. The van der Waals surface area contributed by atoms with Crippen molar-refractivity contribution in [3.8, 4) is 16.9 Å². The number of hydrogen-bond acceptors (Lipinski definition) is 1. The third kappa shape index (κ3) is 4.00. The molecular weight excluding hydrogens is 356 g/mol. The van der Waals surface area contributed by atoms with Crippen LogP contribution in [0.4, 0.5) is 0 Å². The van der Waals surface area contributed by atoms with Crippen LogP contribution in [0.5, 0.6) is 0 Å². The highest BCUT2D eigenvalue weighted by Crippen LogP contribution is 2.35. The first-order chi connectivity index (χ1) is 14.1. The molecule has 1 aliphatic carbocycles. The minimum absolute atomic E-state index is 0.00228. The highest BCUT2D eigenvalue weighted by atomic mass is 16.1. The van der Waals surface area contributed by atoms with Gasteiger partial charge in [0.05, 0.1) is 5.69 Å². The van der Waals surface area contributed by atoms with Crippen molar-refractivity contribution in [3.05, 3.63) is 77.5 Å². The molecule has 3 nitrogen and oxygen atoms in total. The van der Waals surface area contributed by atoms with E-state index in [4.69, 9.17) is 0 Å². The fourth-order valence-corrected chi connectivity index (χ4v) is 4.20. The number of fused-ring (bicyclic) bond motifs is 1. The summed E-state index contributed by atoms with van der Waals surface area (Å²) in [6, 6.07) is 21.2. The maximum atomic E-state index is 12.5. The molecular formula is C26H30N2O. The number of aromatic nitrogens is 1. The Labute approximate surface area is 173 Å². The second kappa shape index (κ2) is 8.28. The Bertz CT molecular complexity index is 986. The van der Waals surface area contributed by atoms with Crippen LogP contribution in [0, 0.1) is 5.92 Å². The first-order valence-corrected chi connectivity index (χ1v) is 10.8. The first-order valence-electron chi connectivity index (χ1n) is 10.8. The molecule has 1 aromatic heterocycles. The van der Waals surface area contributed by atoms with Crippen molar-refractivity contribution >= 4 is 5.91 Å². The van der Waals surface area contributed by atoms with Gasteiger partial charge in [-0.3, -0.25) is 4.79 Å². The number of benzene rings is 2. The van der Waals surface area contributed by atoms with Gasteiger partial charge in [0.25, 0.3) is 5.91 Å². The van der Waals surface area contributed by atoms with E-state index in [1.54, 1.807) is 0 Å². The molecule has 0 unspecified atom stereocenters. The Morgan fingerprint density at radius 1 is 1.14 bits per heavy atom. The molecule has 1 aliphatic rings. The van der Waals surface area contributed by atoms with Gasteiger partial charge >= 0.3 is 0 Å². The SMILES string of the molecule is CC[C@@H](C)NC(=O)c1ccc(-n2c(-c3ccccc3)cc3c2CC[C@H](C)C3)cc1. The lowest BCUT2D eigenvalue weighted by Crippen LogP contribution is -2.31. The third-order valence-electron chi connectivity index (χ3n) is 6.08. The highest BCUT2D eigenvalue weighted by Gasteiger charge is 2.23. The van der Waals surface area contributed by atoms with E-state index in [0.717, 1.165) is 30.9 Å². The molecule has 0 saturated carbocycles. The maximum Gasteiger partial charge on any atom is 0.251 e. The Morgan fingerprint density at radius 3 is 2.55 bits per heavy atom. The lowest BCUT2D eigenvalue weighted by molar-refractivity contribution is 0.0939. The van der Waals surface area contributed by atoms with Gasteiger partial charge in [-0.15, -0.1) is 0 Å². The van der Waals surface area contributed by atoms with Crippen molar-refractivity contribution in [3.63, 3.8) is 0 Å². The largest absolute Gasteiger partial charge is 0.350 e. The lowest BCUT2D eigenvalue weighted by atomic mass is 9.89. The molecule has 2 atom stereocenters. The van der Waals surface area contributed by atoms with Gasteiger partial charge < -0.3 is 9.88 Å². The van der Waals surface area contributed by atoms with Crippen molar-refractivity contribution in [1.29, 1.82) is 0 Å². The van der Waals surface area contributed by atoms with Crippen molar-refractivity contribution in [2.45, 2.75) is 52.5 Å². The van der Waals surface area contributed by atoms with Crippen LogP contribution in [0.1, 0.15) is 55.2 Å². The van der Waals surface area contributed by atoms with E-state index in [1.165, 1.54) is 28.9 Å². The summed E-state index contributed by atoms with van der Waals surface area (Å²) in [6.45, 7) is 6.45. The number of rotatable bonds is 5. The van der Waals surface area contributed by atoms with Crippen molar-refractivity contribution < 1.29 is 4.79 Å². The molecule has 1 N–H and O–H groups in total. The normalized spacial score (nSPS) is 16.9. The smallest absolute Gasteiger partial charge is 0.251 e. The first kappa shape index (κ1) is 19.5. The molecule has 0 bridgehead atoms. The Hall–Kier alpha value is -2.81. The fraction of sp³-hybridized carbons (Fsp3) is 0.346. The van der Waals surface area contributed by atoms with Gasteiger partial charge in [-0.05, 0) is 80.0 Å². The summed E-state index contributed by atoms with van der Waals surface area (Å²) in [4.78, 5) is 12.5. The molecule has 4 rings (SSSR count). The van der Waals surface area contributed by atoms with Gasteiger partial charge in [0, 0.05) is 23.0 Å². The van der Waals surface area contributed by atoms with Gasteiger partial charge in [0.15, 0.2) is 0 Å². The zero-order chi connectivity index (χ0) is 20.4. The third-order valence-corrected chi connectivity index (χ3v) is 6.08. The van der Waals surface area contributed by atoms with Crippen molar-refractivity contribution in [2.75, 3.05) is 0 Å². The molecule has 3 heteroatoms. The predicted octanol–water partition coefficient (Wildman–Crippen LogP) is 5.80. The van der Waals surface area contributed by atoms with E-state index in [1.807, 2.05) is 19.1 Å². The minimum atomic E-state index is -0.00228. The molecule has 0 radical (unpaired) electrons. The summed E-state index contributed by atoms with van der Waals surface area (Å²) in [5, 5.41) is 3.05. The second-order valence-corrected chi connectivity index (χ2v) is 8.38. The Kier molecular flexibility index (Phi) is 5.57. The molecule has 150 valence electrons. The van der Waals surface area contributed by atoms with Crippen LogP contribution in [0.15, 0.2) is 60.7 Å². The number of hydrogen-bond donors (Lipinski definition) is 1. The van der Waals surface area contributed by atoms with Gasteiger partial charge in [0.2, 0.25) is 0 Å². The zero-order valence-corrected chi connectivity index (χ0v) is 17.6.